The molecule has 0 bridgehead atoms. The zero-order valence-electron chi connectivity index (χ0n) is 20.6. The minimum absolute atomic E-state index is 0.204. The molecule has 1 aliphatic rings. The van der Waals surface area contributed by atoms with Gasteiger partial charge in [-0.2, -0.15) is 0 Å². The van der Waals surface area contributed by atoms with Crippen molar-refractivity contribution in [1.29, 1.82) is 0 Å². The van der Waals surface area contributed by atoms with Gasteiger partial charge in [-0.1, -0.05) is 47.0 Å². The fourth-order valence-corrected chi connectivity index (χ4v) is 4.44. The number of carbonyl (C=O) groups is 4. The normalized spacial score (nSPS) is 14.6. The molecule has 1 N–H and O–H groups in total. The molecule has 1 fully saturated rings. The highest BCUT2D eigenvalue weighted by molar-refractivity contribution is 6.39. The Labute approximate surface area is 219 Å². The number of nitrogens with zero attached hydrogens (tertiary/aromatic N) is 1. The molecule has 1 heterocycles. The van der Waals surface area contributed by atoms with Crippen LogP contribution in [0.5, 0.6) is 0 Å². The largest absolute Gasteiger partial charge is 0.462 e. The van der Waals surface area contributed by atoms with E-state index in [9.17, 15) is 19.2 Å². The second-order valence-corrected chi connectivity index (χ2v) is 9.18. The Morgan fingerprint density at radius 2 is 1.65 bits per heavy atom. The molecule has 37 heavy (non-hydrogen) atoms. The SMILES string of the molecule is CCOC(=O)c1ccc(N2C(=O)NC(=O)/C(=C\c3cc(Cl)ccc3Cc3cc(C)cc(C)c3)C2=O)cc1. The van der Waals surface area contributed by atoms with Crippen LogP contribution in [0, 0.1) is 13.8 Å². The van der Waals surface area contributed by atoms with E-state index >= 15 is 0 Å². The number of rotatable bonds is 6. The van der Waals surface area contributed by atoms with Crippen molar-refractivity contribution in [2.24, 2.45) is 0 Å². The Kier molecular flexibility index (Phi) is 7.55. The number of halogens is 1. The van der Waals surface area contributed by atoms with E-state index in [1.54, 1.807) is 19.1 Å². The van der Waals surface area contributed by atoms with Gasteiger partial charge in [0.1, 0.15) is 5.57 Å². The number of benzene rings is 3. The number of barbiturate groups is 1. The first-order valence-corrected chi connectivity index (χ1v) is 12.1. The zero-order valence-corrected chi connectivity index (χ0v) is 21.4. The number of ether oxygens (including phenoxy) is 1. The summed E-state index contributed by atoms with van der Waals surface area (Å²) in [5.74, 6) is -2.10. The molecule has 0 unspecified atom stereocenters. The summed E-state index contributed by atoms with van der Waals surface area (Å²) in [6, 6.07) is 16.5. The van der Waals surface area contributed by atoms with E-state index in [2.05, 4.69) is 23.5 Å². The predicted octanol–water partition coefficient (Wildman–Crippen LogP) is 5.39. The molecule has 0 saturated carbocycles. The summed E-state index contributed by atoms with van der Waals surface area (Å²) in [5, 5.41) is 2.67. The third kappa shape index (κ3) is 5.78. The highest BCUT2D eigenvalue weighted by Gasteiger charge is 2.37. The number of urea groups is 1. The Bertz CT molecular complexity index is 1420. The van der Waals surface area contributed by atoms with Crippen LogP contribution < -0.4 is 10.2 Å². The van der Waals surface area contributed by atoms with Gasteiger partial charge in [0.25, 0.3) is 11.8 Å². The molecule has 7 nitrogen and oxygen atoms in total. The first kappa shape index (κ1) is 25.9. The lowest BCUT2D eigenvalue weighted by molar-refractivity contribution is -0.122. The Balaban J connectivity index is 1.69. The van der Waals surface area contributed by atoms with Crippen molar-refractivity contribution in [1.82, 2.24) is 5.32 Å². The van der Waals surface area contributed by atoms with Crippen molar-refractivity contribution in [2.45, 2.75) is 27.2 Å². The zero-order chi connectivity index (χ0) is 26.7. The maximum atomic E-state index is 13.4. The van der Waals surface area contributed by atoms with E-state index in [1.165, 1.54) is 30.3 Å². The van der Waals surface area contributed by atoms with Crippen LogP contribution in [0.1, 0.15) is 45.1 Å². The van der Waals surface area contributed by atoms with Crippen LogP contribution >= 0.6 is 11.6 Å². The van der Waals surface area contributed by atoms with Gasteiger partial charge in [-0.3, -0.25) is 14.9 Å². The average Bonchev–Trinajstić information content (AvgIpc) is 2.83. The number of anilines is 1. The van der Waals surface area contributed by atoms with E-state index in [1.807, 2.05) is 19.9 Å². The van der Waals surface area contributed by atoms with Crippen molar-refractivity contribution >= 4 is 47.2 Å². The molecule has 0 spiro atoms. The first-order chi connectivity index (χ1) is 17.7. The minimum atomic E-state index is -0.877. The number of hydrogen-bond acceptors (Lipinski definition) is 5. The minimum Gasteiger partial charge on any atom is -0.462 e. The van der Waals surface area contributed by atoms with E-state index < -0.39 is 23.8 Å². The highest BCUT2D eigenvalue weighted by Crippen LogP contribution is 2.26. The van der Waals surface area contributed by atoms with E-state index in [4.69, 9.17) is 16.3 Å². The van der Waals surface area contributed by atoms with Gasteiger partial charge in [0.2, 0.25) is 0 Å². The summed E-state index contributed by atoms with van der Waals surface area (Å²) in [4.78, 5) is 51.5. The van der Waals surface area contributed by atoms with Gasteiger partial charge in [0.05, 0.1) is 17.9 Å². The summed E-state index contributed by atoms with van der Waals surface area (Å²) in [6.45, 7) is 5.97. The van der Waals surface area contributed by atoms with E-state index in [0.717, 1.165) is 27.2 Å². The lowest BCUT2D eigenvalue weighted by Crippen LogP contribution is -2.54. The van der Waals surface area contributed by atoms with Gasteiger partial charge in [0, 0.05) is 5.02 Å². The molecule has 4 rings (SSSR count). The monoisotopic (exact) mass is 516 g/mol. The molecule has 0 atom stereocenters. The maximum absolute atomic E-state index is 13.4. The molecule has 188 valence electrons. The molecule has 3 aromatic carbocycles. The summed E-state index contributed by atoms with van der Waals surface area (Å²) in [5.41, 5.74) is 5.08. The van der Waals surface area contributed by atoms with Crippen LogP contribution in [0.4, 0.5) is 10.5 Å². The molecule has 0 aromatic heterocycles. The number of carbonyl (C=O) groups excluding carboxylic acids is 4. The van der Waals surface area contributed by atoms with Crippen LogP contribution in [0.3, 0.4) is 0 Å². The number of imide groups is 2. The summed E-state index contributed by atoms with van der Waals surface area (Å²) < 4.78 is 4.97. The van der Waals surface area contributed by atoms with Crippen molar-refractivity contribution in [2.75, 3.05) is 11.5 Å². The van der Waals surface area contributed by atoms with Crippen LogP contribution in [-0.4, -0.2) is 30.4 Å². The smallest absolute Gasteiger partial charge is 0.338 e. The molecule has 4 amide bonds. The van der Waals surface area contributed by atoms with Crippen molar-refractivity contribution < 1.29 is 23.9 Å². The van der Waals surface area contributed by atoms with Crippen LogP contribution in [-0.2, 0) is 20.7 Å². The van der Waals surface area contributed by atoms with Crippen LogP contribution in [0.15, 0.2) is 66.2 Å². The fraction of sp³-hybridized carbons (Fsp3) is 0.172. The fourth-order valence-electron chi connectivity index (χ4n) is 4.26. The number of aryl methyl sites for hydroxylation is 2. The van der Waals surface area contributed by atoms with Gasteiger partial charge in [-0.05, 0) is 86.4 Å². The molecular weight excluding hydrogens is 492 g/mol. The molecule has 0 radical (unpaired) electrons. The van der Waals surface area contributed by atoms with E-state index in [-0.39, 0.29) is 23.4 Å². The van der Waals surface area contributed by atoms with Crippen LogP contribution in [0.2, 0.25) is 5.02 Å². The Morgan fingerprint density at radius 1 is 0.973 bits per heavy atom. The van der Waals surface area contributed by atoms with Crippen molar-refractivity contribution in [3.8, 4) is 0 Å². The standard InChI is InChI=1S/C29H25ClN2O5/c1-4-37-28(35)20-6-9-24(10-7-20)32-27(34)25(26(33)31-29(32)36)16-22-15-23(30)8-5-21(22)14-19-12-17(2)11-18(3)13-19/h5-13,15-16H,4,14H2,1-3H3,(H,31,33,36)/b25-16+. The molecule has 0 aliphatic carbocycles. The molecule has 1 saturated heterocycles. The summed E-state index contributed by atoms with van der Waals surface area (Å²) in [6.07, 6.45) is 2.01. The molecule has 8 heteroatoms. The van der Waals surface area contributed by atoms with Gasteiger partial charge in [-0.25, -0.2) is 14.5 Å². The van der Waals surface area contributed by atoms with E-state index in [0.29, 0.717) is 17.0 Å². The van der Waals surface area contributed by atoms with Crippen molar-refractivity contribution in [3.05, 3.63) is 105 Å². The highest BCUT2D eigenvalue weighted by atomic mass is 35.5. The maximum Gasteiger partial charge on any atom is 0.338 e. The lowest BCUT2D eigenvalue weighted by Gasteiger charge is -2.26. The van der Waals surface area contributed by atoms with Crippen molar-refractivity contribution in [3.63, 3.8) is 0 Å². The number of amides is 4. The van der Waals surface area contributed by atoms with Gasteiger partial charge in [-0.15, -0.1) is 0 Å². The number of hydrogen-bond donors (Lipinski definition) is 1. The Morgan fingerprint density at radius 3 is 2.30 bits per heavy atom. The quantitative estimate of drug-likeness (QED) is 0.269. The molecule has 1 aliphatic heterocycles. The second-order valence-electron chi connectivity index (χ2n) is 8.74. The predicted molar refractivity (Wildman–Crippen MR) is 142 cm³/mol. The number of esters is 1. The Hall–Kier alpha value is -4.23. The molecular formula is C29H25ClN2O5. The average molecular weight is 517 g/mol. The van der Waals surface area contributed by atoms with Crippen LogP contribution in [0.25, 0.3) is 6.08 Å². The van der Waals surface area contributed by atoms with Gasteiger partial charge >= 0.3 is 12.0 Å². The third-order valence-electron chi connectivity index (χ3n) is 5.82. The first-order valence-electron chi connectivity index (χ1n) is 11.7. The second kappa shape index (κ2) is 10.8. The van der Waals surface area contributed by atoms with Gasteiger partial charge < -0.3 is 4.74 Å². The van der Waals surface area contributed by atoms with Gasteiger partial charge in [0.15, 0.2) is 0 Å². The lowest BCUT2D eigenvalue weighted by atomic mass is 9.95. The number of nitrogens with one attached hydrogen (secondary N) is 1. The third-order valence-corrected chi connectivity index (χ3v) is 6.06. The topological polar surface area (TPSA) is 92.8 Å². The molecule has 3 aromatic rings. The summed E-state index contributed by atoms with van der Waals surface area (Å²) in [7, 11) is 0. The summed E-state index contributed by atoms with van der Waals surface area (Å²) >= 11 is 6.25.